The van der Waals surface area contributed by atoms with Crippen molar-refractivity contribution >= 4 is 5.97 Å². The maximum Gasteiger partial charge on any atom is 0.307 e. The van der Waals surface area contributed by atoms with Crippen molar-refractivity contribution in [2.24, 2.45) is 11.3 Å². The van der Waals surface area contributed by atoms with Crippen molar-refractivity contribution in [2.45, 2.75) is 27.2 Å². The Morgan fingerprint density at radius 2 is 1.88 bits per heavy atom. The molecule has 2 nitrogen and oxygen atoms in total. The number of carbonyl (C=O) groups is 1. The lowest BCUT2D eigenvalue weighted by Crippen LogP contribution is -2.27. The van der Waals surface area contributed by atoms with E-state index in [0.29, 0.717) is 6.42 Å². The molecule has 1 aromatic carbocycles. The smallest absolute Gasteiger partial charge is 0.307 e. The Bertz CT molecular complexity index is 429. The zero-order valence-corrected chi connectivity index (χ0v) is 10.5. The number of carboxylic acid groups (broad SMARTS) is 1. The first kappa shape index (κ1) is 13.3. The van der Waals surface area contributed by atoms with Crippen molar-refractivity contribution in [3.63, 3.8) is 0 Å². The van der Waals surface area contributed by atoms with E-state index in [-0.39, 0.29) is 5.41 Å². The summed E-state index contributed by atoms with van der Waals surface area (Å²) < 4.78 is 0. The molecular weight excluding hydrogens is 212 g/mol. The first-order valence-electron chi connectivity index (χ1n) is 5.68. The van der Waals surface area contributed by atoms with E-state index in [2.05, 4.69) is 11.8 Å². The van der Waals surface area contributed by atoms with E-state index in [1.165, 1.54) is 0 Å². The lowest BCUT2D eigenvalue weighted by Gasteiger charge is -2.25. The van der Waals surface area contributed by atoms with Crippen molar-refractivity contribution < 1.29 is 9.90 Å². The minimum absolute atomic E-state index is 0.267. The predicted octanol–water partition coefficient (Wildman–Crippen LogP) is 3.18. The quantitative estimate of drug-likeness (QED) is 0.792. The van der Waals surface area contributed by atoms with Crippen molar-refractivity contribution in [1.82, 2.24) is 0 Å². The fourth-order valence-electron chi connectivity index (χ4n) is 1.54. The van der Waals surface area contributed by atoms with Crippen LogP contribution >= 0.6 is 0 Å². The van der Waals surface area contributed by atoms with Gasteiger partial charge >= 0.3 is 5.97 Å². The van der Waals surface area contributed by atoms with Crippen molar-refractivity contribution in [3.05, 3.63) is 35.9 Å². The third-order valence-corrected chi connectivity index (χ3v) is 2.66. The molecule has 0 heterocycles. The SMILES string of the molecule is CC(C)(C)C(CC#Cc1ccccc1)C(=O)O. The standard InChI is InChI=1S/C15H18O2/c1-15(2,3)13(14(16)17)11-7-10-12-8-5-4-6-9-12/h4-6,8-9,13H,11H2,1-3H3,(H,16,17). The molecular formula is C15H18O2. The van der Waals surface area contributed by atoms with Gasteiger partial charge in [0.25, 0.3) is 0 Å². The molecule has 1 unspecified atom stereocenters. The van der Waals surface area contributed by atoms with Gasteiger partial charge in [-0.25, -0.2) is 0 Å². The molecule has 0 aliphatic heterocycles. The molecule has 0 saturated heterocycles. The highest BCUT2D eigenvalue weighted by Crippen LogP contribution is 2.28. The highest BCUT2D eigenvalue weighted by Gasteiger charge is 2.30. The second-order valence-corrected chi connectivity index (χ2v) is 5.13. The van der Waals surface area contributed by atoms with Gasteiger partial charge in [-0.3, -0.25) is 4.79 Å². The van der Waals surface area contributed by atoms with Gasteiger partial charge < -0.3 is 5.11 Å². The van der Waals surface area contributed by atoms with Crippen molar-refractivity contribution in [2.75, 3.05) is 0 Å². The van der Waals surface area contributed by atoms with Gasteiger partial charge in [-0.2, -0.15) is 0 Å². The molecule has 1 N–H and O–H groups in total. The van der Waals surface area contributed by atoms with Gasteiger partial charge in [-0.1, -0.05) is 50.8 Å². The molecule has 1 atom stereocenters. The maximum atomic E-state index is 11.1. The summed E-state index contributed by atoms with van der Waals surface area (Å²) >= 11 is 0. The molecule has 0 aliphatic rings. The number of hydrogen-bond acceptors (Lipinski definition) is 1. The number of aliphatic carboxylic acids is 1. The van der Waals surface area contributed by atoms with Crippen LogP contribution in [0.1, 0.15) is 32.8 Å². The normalized spacial score (nSPS) is 12.4. The predicted molar refractivity (Wildman–Crippen MR) is 68.5 cm³/mol. The Hall–Kier alpha value is -1.75. The highest BCUT2D eigenvalue weighted by molar-refractivity contribution is 5.71. The Morgan fingerprint density at radius 1 is 1.29 bits per heavy atom. The molecule has 2 heteroatoms. The molecule has 1 aromatic rings. The fourth-order valence-corrected chi connectivity index (χ4v) is 1.54. The van der Waals surface area contributed by atoms with Gasteiger partial charge in [0.05, 0.1) is 5.92 Å². The number of carboxylic acids is 1. The van der Waals surface area contributed by atoms with Gasteiger partial charge in [0, 0.05) is 12.0 Å². The summed E-state index contributed by atoms with van der Waals surface area (Å²) in [6.45, 7) is 5.78. The van der Waals surface area contributed by atoms with Gasteiger partial charge in [0.1, 0.15) is 0 Å². The number of benzene rings is 1. The van der Waals surface area contributed by atoms with Crippen LogP contribution in [0.2, 0.25) is 0 Å². The fraction of sp³-hybridized carbons (Fsp3) is 0.400. The Balaban J connectivity index is 2.72. The zero-order chi connectivity index (χ0) is 12.9. The van der Waals surface area contributed by atoms with E-state index in [1.807, 2.05) is 51.1 Å². The highest BCUT2D eigenvalue weighted by atomic mass is 16.4. The topological polar surface area (TPSA) is 37.3 Å². The molecule has 90 valence electrons. The van der Waals surface area contributed by atoms with E-state index < -0.39 is 11.9 Å². The monoisotopic (exact) mass is 230 g/mol. The second kappa shape index (κ2) is 5.54. The number of rotatable bonds is 2. The van der Waals surface area contributed by atoms with Crippen LogP contribution in [0, 0.1) is 23.2 Å². The first-order chi connectivity index (χ1) is 7.91. The van der Waals surface area contributed by atoms with Gasteiger partial charge in [-0.15, -0.1) is 0 Å². The van der Waals surface area contributed by atoms with E-state index >= 15 is 0 Å². The zero-order valence-electron chi connectivity index (χ0n) is 10.5. The molecule has 17 heavy (non-hydrogen) atoms. The lowest BCUT2D eigenvalue weighted by molar-refractivity contribution is -0.145. The summed E-state index contributed by atoms with van der Waals surface area (Å²) in [5, 5.41) is 9.14. The largest absolute Gasteiger partial charge is 0.481 e. The molecule has 0 fully saturated rings. The summed E-state index contributed by atoms with van der Waals surface area (Å²) in [6.07, 6.45) is 0.383. The van der Waals surface area contributed by atoms with Crippen molar-refractivity contribution in [1.29, 1.82) is 0 Å². The minimum Gasteiger partial charge on any atom is -0.481 e. The van der Waals surface area contributed by atoms with E-state index in [1.54, 1.807) is 0 Å². The van der Waals surface area contributed by atoms with Crippen LogP contribution in [-0.2, 0) is 4.79 Å². The van der Waals surface area contributed by atoms with Gasteiger partial charge in [0.15, 0.2) is 0 Å². The Labute approximate surface area is 103 Å². The summed E-state index contributed by atoms with van der Waals surface area (Å²) in [4.78, 5) is 11.1. The van der Waals surface area contributed by atoms with E-state index in [9.17, 15) is 4.79 Å². The molecule has 0 amide bonds. The van der Waals surface area contributed by atoms with Gasteiger partial charge in [0.2, 0.25) is 0 Å². The van der Waals surface area contributed by atoms with Crippen LogP contribution in [0.25, 0.3) is 0 Å². The van der Waals surface area contributed by atoms with Crippen LogP contribution < -0.4 is 0 Å². The molecule has 0 bridgehead atoms. The molecule has 0 saturated carbocycles. The summed E-state index contributed by atoms with van der Waals surface area (Å²) in [5.74, 6) is 4.74. The maximum absolute atomic E-state index is 11.1. The first-order valence-corrected chi connectivity index (χ1v) is 5.68. The summed E-state index contributed by atoms with van der Waals surface area (Å²) in [5.41, 5.74) is 0.655. The van der Waals surface area contributed by atoms with Crippen LogP contribution in [-0.4, -0.2) is 11.1 Å². The third kappa shape index (κ3) is 4.32. The molecule has 0 radical (unpaired) electrons. The van der Waals surface area contributed by atoms with Crippen LogP contribution in [0.3, 0.4) is 0 Å². The third-order valence-electron chi connectivity index (χ3n) is 2.66. The summed E-state index contributed by atoms with van der Waals surface area (Å²) in [7, 11) is 0. The number of hydrogen-bond donors (Lipinski definition) is 1. The van der Waals surface area contributed by atoms with E-state index in [0.717, 1.165) is 5.56 Å². The molecule has 0 aliphatic carbocycles. The van der Waals surface area contributed by atoms with Crippen LogP contribution in [0.5, 0.6) is 0 Å². The minimum atomic E-state index is -0.778. The van der Waals surface area contributed by atoms with E-state index in [4.69, 9.17) is 5.11 Å². The van der Waals surface area contributed by atoms with Crippen LogP contribution in [0.4, 0.5) is 0 Å². The average Bonchev–Trinajstić information content (AvgIpc) is 2.23. The summed E-state index contributed by atoms with van der Waals surface area (Å²) in [6, 6.07) is 9.60. The Kier molecular flexibility index (Phi) is 4.34. The van der Waals surface area contributed by atoms with Crippen LogP contribution in [0.15, 0.2) is 30.3 Å². The lowest BCUT2D eigenvalue weighted by atomic mass is 9.79. The molecule has 1 rings (SSSR count). The Morgan fingerprint density at radius 3 is 2.35 bits per heavy atom. The molecule has 0 spiro atoms. The van der Waals surface area contributed by atoms with Crippen molar-refractivity contribution in [3.8, 4) is 11.8 Å². The second-order valence-electron chi connectivity index (χ2n) is 5.13. The molecule has 0 aromatic heterocycles. The van der Waals surface area contributed by atoms with Gasteiger partial charge in [-0.05, 0) is 17.5 Å². The average molecular weight is 230 g/mol.